The molecule has 1 fully saturated rings. The number of hydrogen-bond donors (Lipinski definition) is 0. The molecule has 5 heteroatoms. The summed E-state index contributed by atoms with van der Waals surface area (Å²) in [5, 5.41) is 10.2. The smallest absolute Gasteiger partial charge is 0.136 e. The number of thioether (sulfide) groups is 1. The van der Waals surface area contributed by atoms with Crippen molar-refractivity contribution in [3.8, 4) is 6.07 Å². The Morgan fingerprint density at radius 3 is 2.08 bits per heavy atom. The minimum absolute atomic E-state index is 0.657. The van der Waals surface area contributed by atoms with E-state index in [-0.39, 0.29) is 0 Å². The fraction of sp³-hybridized carbons (Fsp3) is 0.333. The van der Waals surface area contributed by atoms with E-state index in [4.69, 9.17) is 17.0 Å². The molecule has 1 aliphatic rings. The van der Waals surface area contributed by atoms with Crippen LogP contribution in [0.25, 0.3) is 0 Å². The largest absolute Gasteiger partial charge is 0.378 e. The van der Waals surface area contributed by atoms with E-state index in [2.05, 4.69) is 11.0 Å². The third-order valence-corrected chi connectivity index (χ3v) is 6.22. The van der Waals surface area contributed by atoms with Gasteiger partial charge in [0.05, 0.1) is 19.3 Å². The van der Waals surface area contributed by atoms with Crippen LogP contribution < -0.4 is 0 Å². The van der Waals surface area contributed by atoms with E-state index in [9.17, 15) is 5.26 Å². The van der Waals surface area contributed by atoms with Crippen LogP contribution in [0.1, 0.15) is 17.5 Å². The van der Waals surface area contributed by atoms with Crippen molar-refractivity contribution in [2.75, 3.05) is 32.1 Å². The Kier molecular flexibility index (Phi) is 6.67. The first-order valence-electron chi connectivity index (χ1n) is 8.78. The van der Waals surface area contributed by atoms with E-state index in [0.29, 0.717) is 6.42 Å². The highest BCUT2D eigenvalue weighted by molar-refractivity contribution is 8.22. The van der Waals surface area contributed by atoms with Crippen LogP contribution in [-0.2, 0) is 10.2 Å². The fourth-order valence-electron chi connectivity index (χ4n) is 3.21. The van der Waals surface area contributed by atoms with E-state index >= 15 is 0 Å². The highest BCUT2D eigenvalue weighted by Crippen LogP contribution is 2.36. The SMILES string of the molecule is N#CC(CCSC(=S)N1CCOCC1)(c1ccccc1)c1ccccc1. The summed E-state index contributed by atoms with van der Waals surface area (Å²) in [5.41, 5.74) is 1.41. The molecule has 26 heavy (non-hydrogen) atoms. The number of benzene rings is 2. The molecule has 0 unspecified atom stereocenters. The second-order valence-electron chi connectivity index (χ2n) is 6.21. The van der Waals surface area contributed by atoms with Crippen molar-refractivity contribution in [1.29, 1.82) is 5.26 Å². The molecule has 0 saturated carbocycles. The van der Waals surface area contributed by atoms with Crippen LogP contribution in [-0.4, -0.2) is 41.3 Å². The van der Waals surface area contributed by atoms with E-state index in [1.54, 1.807) is 11.8 Å². The number of ether oxygens (including phenoxy) is 1. The number of morpholine rings is 1. The molecule has 0 amide bonds. The van der Waals surface area contributed by atoms with Crippen molar-refractivity contribution in [2.45, 2.75) is 11.8 Å². The number of thiocarbonyl (C=S) groups is 1. The van der Waals surface area contributed by atoms with Gasteiger partial charge in [0.1, 0.15) is 9.74 Å². The van der Waals surface area contributed by atoms with Gasteiger partial charge in [-0.2, -0.15) is 5.26 Å². The van der Waals surface area contributed by atoms with E-state index in [1.807, 2.05) is 60.7 Å². The van der Waals surface area contributed by atoms with Crippen molar-refractivity contribution in [3.05, 3.63) is 71.8 Å². The number of nitriles is 1. The molecule has 0 aliphatic carbocycles. The summed E-state index contributed by atoms with van der Waals surface area (Å²) in [6, 6.07) is 22.7. The zero-order valence-electron chi connectivity index (χ0n) is 14.6. The second-order valence-corrected chi connectivity index (χ2v) is 7.94. The van der Waals surface area contributed by atoms with Crippen LogP contribution in [0.3, 0.4) is 0 Å². The molecule has 0 bridgehead atoms. The van der Waals surface area contributed by atoms with Gasteiger partial charge in [0.2, 0.25) is 0 Å². The van der Waals surface area contributed by atoms with Gasteiger partial charge in [0.15, 0.2) is 0 Å². The zero-order valence-corrected chi connectivity index (χ0v) is 16.3. The molecule has 2 aromatic rings. The molecule has 0 spiro atoms. The van der Waals surface area contributed by atoms with Gasteiger partial charge < -0.3 is 9.64 Å². The van der Waals surface area contributed by atoms with Gasteiger partial charge in [-0.15, -0.1) is 0 Å². The van der Waals surface area contributed by atoms with Crippen molar-refractivity contribution in [1.82, 2.24) is 4.90 Å². The highest BCUT2D eigenvalue weighted by atomic mass is 32.2. The molecular formula is C21H22N2OS2. The Morgan fingerprint density at radius 1 is 1.04 bits per heavy atom. The maximum atomic E-state index is 10.2. The van der Waals surface area contributed by atoms with Crippen LogP contribution in [0.5, 0.6) is 0 Å². The maximum Gasteiger partial charge on any atom is 0.136 e. The van der Waals surface area contributed by atoms with Crippen LogP contribution >= 0.6 is 24.0 Å². The lowest BCUT2D eigenvalue weighted by Crippen LogP contribution is -2.38. The average Bonchev–Trinajstić information content (AvgIpc) is 2.73. The molecule has 0 N–H and O–H groups in total. The lowest BCUT2D eigenvalue weighted by atomic mass is 9.74. The van der Waals surface area contributed by atoms with Gasteiger partial charge in [-0.25, -0.2) is 0 Å². The average molecular weight is 383 g/mol. The minimum Gasteiger partial charge on any atom is -0.378 e. The topological polar surface area (TPSA) is 36.3 Å². The van der Waals surface area contributed by atoms with Crippen LogP contribution in [0.2, 0.25) is 0 Å². The first kappa shape index (κ1) is 18.9. The molecule has 1 aliphatic heterocycles. The first-order valence-corrected chi connectivity index (χ1v) is 10.2. The Balaban J connectivity index is 1.76. The van der Waals surface area contributed by atoms with Crippen molar-refractivity contribution in [3.63, 3.8) is 0 Å². The summed E-state index contributed by atoms with van der Waals surface area (Å²) >= 11 is 7.25. The van der Waals surface area contributed by atoms with Crippen LogP contribution in [0.4, 0.5) is 0 Å². The third-order valence-electron chi connectivity index (χ3n) is 4.70. The first-order chi connectivity index (χ1) is 12.8. The Bertz CT molecular complexity index is 713. The molecule has 3 rings (SSSR count). The van der Waals surface area contributed by atoms with Gasteiger partial charge in [-0.3, -0.25) is 0 Å². The van der Waals surface area contributed by atoms with Gasteiger partial charge in [-0.05, 0) is 17.5 Å². The van der Waals surface area contributed by atoms with Crippen molar-refractivity contribution < 1.29 is 4.74 Å². The molecule has 2 aromatic carbocycles. The van der Waals surface area contributed by atoms with Gasteiger partial charge >= 0.3 is 0 Å². The van der Waals surface area contributed by atoms with Crippen LogP contribution in [0, 0.1) is 11.3 Å². The standard InChI is InChI=1S/C21H22N2OS2/c22-17-21(18-7-3-1-4-8-18,19-9-5-2-6-10-19)11-16-26-20(25)23-12-14-24-15-13-23/h1-10H,11-16H2. The Labute approximate surface area is 165 Å². The van der Waals surface area contributed by atoms with E-state index < -0.39 is 5.41 Å². The van der Waals surface area contributed by atoms with Crippen LogP contribution in [0.15, 0.2) is 60.7 Å². The summed E-state index contributed by atoms with van der Waals surface area (Å²) in [5.74, 6) is 0.799. The molecular weight excluding hydrogens is 360 g/mol. The lowest BCUT2D eigenvalue weighted by molar-refractivity contribution is 0.0702. The zero-order chi connectivity index (χ0) is 18.2. The summed E-state index contributed by atoms with van der Waals surface area (Å²) in [7, 11) is 0. The number of hydrogen-bond acceptors (Lipinski definition) is 4. The van der Waals surface area contributed by atoms with Gasteiger partial charge in [0.25, 0.3) is 0 Å². The maximum absolute atomic E-state index is 10.2. The lowest BCUT2D eigenvalue weighted by Gasteiger charge is -2.30. The minimum atomic E-state index is -0.657. The summed E-state index contributed by atoms with van der Waals surface area (Å²) in [6.07, 6.45) is 0.715. The molecule has 0 aromatic heterocycles. The van der Waals surface area contributed by atoms with E-state index in [0.717, 1.165) is 47.5 Å². The second kappa shape index (κ2) is 9.18. The molecule has 3 nitrogen and oxygen atoms in total. The van der Waals surface area contributed by atoms with Crippen molar-refractivity contribution >= 4 is 28.3 Å². The predicted octanol–water partition coefficient (Wildman–Crippen LogP) is 4.24. The van der Waals surface area contributed by atoms with E-state index in [1.165, 1.54) is 0 Å². The summed E-state index contributed by atoms with van der Waals surface area (Å²) < 4.78 is 6.29. The monoisotopic (exact) mass is 382 g/mol. The molecule has 1 heterocycles. The molecule has 0 atom stereocenters. The van der Waals surface area contributed by atoms with Gasteiger partial charge in [0, 0.05) is 18.8 Å². The number of nitrogens with zero attached hydrogens (tertiary/aromatic N) is 2. The fourth-order valence-corrected chi connectivity index (χ4v) is 4.59. The summed E-state index contributed by atoms with van der Waals surface area (Å²) in [6.45, 7) is 3.17. The Hall–Kier alpha value is -1.87. The number of rotatable bonds is 5. The predicted molar refractivity (Wildman–Crippen MR) is 111 cm³/mol. The molecule has 0 radical (unpaired) electrons. The molecule has 1 saturated heterocycles. The third kappa shape index (κ3) is 4.27. The normalized spacial score (nSPS) is 14.7. The highest BCUT2D eigenvalue weighted by Gasteiger charge is 2.34. The molecule has 134 valence electrons. The van der Waals surface area contributed by atoms with Crippen molar-refractivity contribution in [2.24, 2.45) is 0 Å². The Morgan fingerprint density at radius 2 is 1.58 bits per heavy atom. The summed E-state index contributed by atoms with van der Waals surface area (Å²) in [4.78, 5) is 2.20. The van der Waals surface area contributed by atoms with Gasteiger partial charge in [-0.1, -0.05) is 84.6 Å². The quantitative estimate of drug-likeness (QED) is 0.723.